The summed E-state index contributed by atoms with van der Waals surface area (Å²) in [5, 5.41) is 28.9. The minimum atomic E-state index is -0.447. The summed E-state index contributed by atoms with van der Waals surface area (Å²) in [6, 6.07) is 11.5. The van der Waals surface area contributed by atoms with Crippen molar-refractivity contribution >= 4 is 5.69 Å². The van der Waals surface area contributed by atoms with Crippen LogP contribution in [0.15, 0.2) is 42.5 Å². The molecule has 0 heterocycles. The minimum absolute atomic E-state index is 0.0399. The molecule has 98 valence electrons. The predicted octanol–water partition coefficient (Wildman–Crippen LogP) is 2.25. The van der Waals surface area contributed by atoms with Gasteiger partial charge in [-0.25, -0.2) is 0 Å². The molecule has 2 rings (SSSR count). The first kappa shape index (κ1) is 13.2. The third kappa shape index (κ3) is 2.78. The van der Waals surface area contributed by atoms with Gasteiger partial charge in [0.1, 0.15) is 0 Å². The van der Waals surface area contributed by atoms with Gasteiger partial charge in [-0.3, -0.25) is 10.1 Å². The summed E-state index contributed by atoms with van der Waals surface area (Å²) in [6.45, 7) is -0.285. The largest absolute Gasteiger partial charge is 0.392 e. The van der Waals surface area contributed by atoms with Crippen molar-refractivity contribution < 1.29 is 15.1 Å². The number of aliphatic hydroxyl groups is 2. The second-order valence-electron chi connectivity index (χ2n) is 4.10. The van der Waals surface area contributed by atoms with Gasteiger partial charge < -0.3 is 10.2 Å². The SMILES string of the molecule is O=[N+]([O-])c1ccc(-c2ccc(CO)c(CO)c2)cc1. The van der Waals surface area contributed by atoms with Gasteiger partial charge in [0.15, 0.2) is 0 Å². The second kappa shape index (κ2) is 5.60. The molecule has 2 aromatic rings. The fourth-order valence-corrected chi connectivity index (χ4v) is 1.88. The van der Waals surface area contributed by atoms with Gasteiger partial charge in [-0.1, -0.05) is 12.1 Å². The van der Waals surface area contributed by atoms with Crippen LogP contribution in [0, 0.1) is 10.1 Å². The average molecular weight is 259 g/mol. The number of aliphatic hydroxyl groups excluding tert-OH is 2. The number of benzene rings is 2. The lowest BCUT2D eigenvalue weighted by molar-refractivity contribution is -0.384. The molecule has 19 heavy (non-hydrogen) atoms. The van der Waals surface area contributed by atoms with Crippen molar-refractivity contribution in [3.8, 4) is 11.1 Å². The van der Waals surface area contributed by atoms with Crippen LogP contribution in [-0.4, -0.2) is 15.1 Å². The lowest BCUT2D eigenvalue weighted by Crippen LogP contribution is -1.94. The van der Waals surface area contributed by atoms with E-state index in [1.807, 2.05) is 6.07 Å². The zero-order valence-electron chi connectivity index (χ0n) is 10.1. The summed E-state index contributed by atoms with van der Waals surface area (Å²) in [6.07, 6.45) is 0. The fraction of sp³-hybridized carbons (Fsp3) is 0.143. The molecule has 0 aliphatic carbocycles. The van der Waals surface area contributed by atoms with Crippen LogP contribution < -0.4 is 0 Å². The first-order chi connectivity index (χ1) is 9.15. The van der Waals surface area contributed by atoms with Gasteiger partial charge in [0, 0.05) is 12.1 Å². The molecule has 0 fully saturated rings. The fourth-order valence-electron chi connectivity index (χ4n) is 1.88. The molecular formula is C14H13NO4. The lowest BCUT2D eigenvalue weighted by atomic mass is 9.99. The Morgan fingerprint density at radius 1 is 0.895 bits per heavy atom. The highest BCUT2D eigenvalue weighted by Crippen LogP contribution is 2.25. The monoisotopic (exact) mass is 259 g/mol. The molecule has 0 spiro atoms. The van der Waals surface area contributed by atoms with Gasteiger partial charge >= 0.3 is 0 Å². The van der Waals surface area contributed by atoms with E-state index in [1.165, 1.54) is 12.1 Å². The van der Waals surface area contributed by atoms with Crippen molar-refractivity contribution in [3.63, 3.8) is 0 Å². The van der Waals surface area contributed by atoms with E-state index >= 15 is 0 Å². The quantitative estimate of drug-likeness (QED) is 0.651. The van der Waals surface area contributed by atoms with Gasteiger partial charge in [0.25, 0.3) is 5.69 Å². The minimum Gasteiger partial charge on any atom is -0.392 e. The first-order valence-corrected chi connectivity index (χ1v) is 5.74. The average Bonchev–Trinajstić information content (AvgIpc) is 2.46. The Hall–Kier alpha value is -2.24. The van der Waals surface area contributed by atoms with Crippen LogP contribution in [0.5, 0.6) is 0 Å². The van der Waals surface area contributed by atoms with E-state index < -0.39 is 4.92 Å². The van der Waals surface area contributed by atoms with Crippen molar-refractivity contribution in [2.24, 2.45) is 0 Å². The van der Waals surface area contributed by atoms with E-state index in [-0.39, 0.29) is 18.9 Å². The standard InChI is InChI=1S/C14H13NO4/c16-8-12-2-1-11(7-13(12)9-17)10-3-5-14(6-4-10)15(18)19/h1-7,16-17H,8-9H2. The Balaban J connectivity index is 2.38. The van der Waals surface area contributed by atoms with E-state index in [2.05, 4.69) is 0 Å². The van der Waals surface area contributed by atoms with E-state index in [4.69, 9.17) is 5.11 Å². The molecule has 5 heteroatoms. The van der Waals surface area contributed by atoms with E-state index in [1.54, 1.807) is 24.3 Å². The van der Waals surface area contributed by atoms with E-state index in [0.717, 1.165) is 11.1 Å². The second-order valence-corrected chi connectivity index (χ2v) is 4.10. The maximum atomic E-state index is 10.6. The smallest absolute Gasteiger partial charge is 0.269 e. The lowest BCUT2D eigenvalue weighted by Gasteiger charge is -2.08. The third-order valence-corrected chi connectivity index (χ3v) is 2.96. The predicted molar refractivity (Wildman–Crippen MR) is 70.4 cm³/mol. The first-order valence-electron chi connectivity index (χ1n) is 5.74. The molecule has 0 aliphatic rings. The maximum absolute atomic E-state index is 10.6. The zero-order valence-corrected chi connectivity index (χ0v) is 10.1. The number of nitro groups is 1. The van der Waals surface area contributed by atoms with Gasteiger partial charge in [0.2, 0.25) is 0 Å². The van der Waals surface area contributed by atoms with Crippen LogP contribution in [0.3, 0.4) is 0 Å². The van der Waals surface area contributed by atoms with Crippen LogP contribution in [-0.2, 0) is 13.2 Å². The Morgan fingerprint density at radius 2 is 1.47 bits per heavy atom. The molecule has 2 aromatic carbocycles. The molecule has 0 aromatic heterocycles. The molecule has 0 radical (unpaired) electrons. The number of non-ortho nitro benzene ring substituents is 1. The van der Waals surface area contributed by atoms with Gasteiger partial charge in [-0.15, -0.1) is 0 Å². The molecule has 2 N–H and O–H groups in total. The third-order valence-electron chi connectivity index (χ3n) is 2.96. The summed E-state index contributed by atoms with van der Waals surface area (Å²) in [5.74, 6) is 0. The highest BCUT2D eigenvalue weighted by Gasteiger charge is 2.07. The highest BCUT2D eigenvalue weighted by molar-refractivity contribution is 5.66. The van der Waals surface area contributed by atoms with Crippen LogP contribution >= 0.6 is 0 Å². The summed E-state index contributed by atoms with van der Waals surface area (Å²) >= 11 is 0. The Labute approximate surface area is 109 Å². The van der Waals surface area contributed by atoms with Crippen LogP contribution in [0.4, 0.5) is 5.69 Å². The van der Waals surface area contributed by atoms with E-state index in [9.17, 15) is 15.2 Å². The van der Waals surface area contributed by atoms with Crippen molar-refractivity contribution in [2.75, 3.05) is 0 Å². The summed E-state index contributed by atoms with van der Waals surface area (Å²) in [7, 11) is 0. The van der Waals surface area contributed by atoms with Gasteiger partial charge in [0.05, 0.1) is 18.1 Å². The zero-order chi connectivity index (χ0) is 13.8. The normalized spacial score (nSPS) is 10.4. The topological polar surface area (TPSA) is 83.6 Å². The molecule has 0 unspecified atom stereocenters. The Kier molecular flexibility index (Phi) is 3.89. The van der Waals surface area contributed by atoms with E-state index in [0.29, 0.717) is 11.1 Å². The maximum Gasteiger partial charge on any atom is 0.269 e. The summed E-state index contributed by atoms with van der Waals surface area (Å²) in [4.78, 5) is 10.1. The van der Waals surface area contributed by atoms with Crippen molar-refractivity contribution in [1.82, 2.24) is 0 Å². The highest BCUT2D eigenvalue weighted by atomic mass is 16.6. The number of rotatable bonds is 4. The summed E-state index contributed by atoms with van der Waals surface area (Å²) in [5.41, 5.74) is 3.03. The molecule has 0 bridgehead atoms. The molecule has 5 nitrogen and oxygen atoms in total. The van der Waals surface area contributed by atoms with Crippen LogP contribution in [0.2, 0.25) is 0 Å². The number of nitrogens with zero attached hydrogens (tertiary/aromatic N) is 1. The van der Waals surface area contributed by atoms with Crippen LogP contribution in [0.1, 0.15) is 11.1 Å². The number of hydrogen-bond acceptors (Lipinski definition) is 4. The Morgan fingerprint density at radius 3 is 2.00 bits per heavy atom. The molecule has 0 amide bonds. The van der Waals surface area contributed by atoms with Gasteiger partial charge in [-0.2, -0.15) is 0 Å². The number of nitro benzene ring substituents is 1. The van der Waals surface area contributed by atoms with Crippen molar-refractivity contribution in [3.05, 3.63) is 63.7 Å². The molecule has 0 saturated carbocycles. The summed E-state index contributed by atoms with van der Waals surface area (Å²) < 4.78 is 0. The van der Waals surface area contributed by atoms with Crippen molar-refractivity contribution in [1.29, 1.82) is 0 Å². The molecule has 0 aliphatic heterocycles. The van der Waals surface area contributed by atoms with Crippen molar-refractivity contribution in [2.45, 2.75) is 13.2 Å². The molecular weight excluding hydrogens is 246 g/mol. The molecule has 0 saturated heterocycles. The Bertz CT molecular complexity index is 593. The van der Waals surface area contributed by atoms with Crippen LogP contribution in [0.25, 0.3) is 11.1 Å². The van der Waals surface area contributed by atoms with Gasteiger partial charge in [-0.05, 0) is 40.5 Å². The molecule has 0 atom stereocenters. The number of hydrogen-bond donors (Lipinski definition) is 2.